The van der Waals surface area contributed by atoms with Crippen molar-refractivity contribution in [2.45, 2.75) is 9.37 Å². The summed E-state index contributed by atoms with van der Waals surface area (Å²) in [5.41, 5.74) is 0.416. The van der Waals surface area contributed by atoms with Gasteiger partial charge in [0, 0.05) is 12.4 Å². The van der Waals surface area contributed by atoms with Gasteiger partial charge >= 0.3 is 0 Å². The van der Waals surface area contributed by atoms with Crippen LogP contribution < -0.4 is 4.74 Å². The first-order valence-corrected chi connectivity index (χ1v) is 6.52. The highest BCUT2D eigenvalue weighted by Gasteiger charge is 2.16. The third-order valence-corrected chi connectivity index (χ3v) is 3.69. The molecule has 18 heavy (non-hydrogen) atoms. The molecule has 0 atom stereocenters. The van der Waals surface area contributed by atoms with Crippen LogP contribution in [0.4, 0.5) is 0 Å². The molecule has 2 aromatic rings. The fourth-order valence-electron chi connectivity index (χ4n) is 1.08. The molecule has 90 valence electrons. The largest absolute Gasteiger partial charge is 0.472 e. The quantitative estimate of drug-likeness (QED) is 0.617. The van der Waals surface area contributed by atoms with Crippen molar-refractivity contribution in [2.75, 3.05) is 6.61 Å². The predicted octanol–water partition coefficient (Wildman–Crippen LogP) is 2.52. The number of hydrogen-bond donors (Lipinski definition) is 0. The van der Waals surface area contributed by atoms with E-state index < -0.39 is 0 Å². The third kappa shape index (κ3) is 2.85. The first-order valence-electron chi connectivity index (χ1n) is 4.93. The van der Waals surface area contributed by atoms with E-state index in [9.17, 15) is 0 Å². The average molecular weight is 276 g/mol. The van der Waals surface area contributed by atoms with Gasteiger partial charge < -0.3 is 4.74 Å². The maximum Gasteiger partial charge on any atom is 0.244 e. The van der Waals surface area contributed by atoms with Crippen molar-refractivity contribution in [3.63, 3.8) is 0 Å². The zero-order valence-corrected chi connectivity index (χ0v) is 10.9. The van der Waals surface area contributed by atoms with E-state index in [4.69, 9.17) is 10.00 Å². The summed E-state index contributed by atoms with van der Waals surface area (Å²) in [4.78, 5) is 8.17. The molecule has 2 aromatic heterocycles. The topological polar surface area (TPSA) is 71.7 Å². The van der Waals surface area contributed by atoms with E-state index >= 15 is 0 Å². The SMILES string of the molecule is C=CCOc1nsc(Sc2ncccn2)c1C#N. The molecule has 2 heterocycles. The van der Waals surface area contributed by atoms with E-state index in [1.807, 2.05) is 0 Å². The highest BCUT2D eigenvalue weighted by atomic mass is 32.2. The summed E-state index contributed by atoms with van der Waals surface area (Å²) in [5, 5.41) is 9.70. The Balaban J connectivity index is 2.21. The van der Waals surface area contributed by atoms with E-state index in [1.54, 1.807) is 24.5 Å². The van der Waals surface area contributed by atoms with Crippen molar-refractivity contribution in [2.24, 2.45) is 0 Å². The molecule has 0 aliphatic rings. The highest BCUT2D eigenvalue weighted by Crippen LogP contribution is 2.36. The lowest BCUT2D eigenvalue weighted by Crippen LogP contribution is -1.94. The van der Waals surface area contributed by atoms with Crippen LogP contribution in [0.1, 0.15) is 5.56 Å². The van der Waals surface area contributed by atoms with Crippen molar-refractivity contribution in [1.82, 2.24) is 14.3 Å². The predicted molar refractivity (Wildman–Crippen MR) is 68.7 cm³/mol. The molecule has 0 aliphatic carbocycles. The van der Waals surface area contributed by atoms with Gasteiger partial charge in [0.15, 0.2) is 5.16 Å². The Morgan fingerprint density at radius 2 is 2.28 bits per heavy atom. The molecule has 0 amide bonds. The lowest BCUT2D eigenvalue weighted by atomic mass is 10.4. The van der Waals surface area contributed by atoms with E-state index in [-0.39, 0.29) is 0 Å². The van der Waals surface area contributed by atoms with Crippen LogP contribution in [0.25, 0.3) is 0 Å². The van der Waals surface area contributed by atoms with Gasteiger partial charge in [-0.05, 0) is 29.4 Å². The number of hydrogen-bond acceptors (Lipinski definition) is 7. The molecule has 0 spiro atoms. The summed E-state index contributed by atoms with van der Waals surface area (Å²) in [6.07, 6.45) is 4.91. The molecule has 0 saturated carbocycles. The van der Waals surface area contributed by atoms with E-state index in [2.05, 4.69) is 27.0 Å². The van der Waals surface area contributed by atoms with Gasteiger partial charge in [0.05, 0.1) is 0 Å². The summed E-state index contributed by atoms with van der Waals surface area (Å²) >= 11 is 2.50. The molecule has 2 rings (SSSR count). The summed E-state index contributed by atoms with van der Waals surface area (Å²) in [6, 6.07) is 3.82. The highest BCUT2D eigenvalue weighted by molar-refractivity contribution is 8.01. The molecule has 0 unspecified atom stereocenters. The second-order valence-corrected chi connectivity index (χ2v) is 5.00. The fraction of sp³-hybridized carbons (Fsp3) is 0.0909. The lowest BCUT2D eigenvalue weighted by Gasteiger charge is -1.98. The van der Waals surface area contributed by atoms with E-state index in [0.717, 1.165) is 4.21 Å². The monoisotopic (exact) mass is 276 g/mol. The number of nitriles is 1. The van der Waals surface area contributed by atoms with E-state index in [1.165, 1.54) is 23.3 Å². The number of ether oxygens (including phenoxy) is 1. The Kier molecular flexibility index (Phi) is 4.28. The van der Waals surface area contributed by atoms with Crippen LogP contribution in [0, 0.1) is 11.3 Å². The molecule has 0 aromatic carbocycles. The molecule has 5 nitrogen and oxygen atoms in total. The van der Waals surface area contributed by atoms with E-state index in [0.29, 0.717) is 23.2 Å². The normalized spacial score (nSPS) is 9.72. The number of nitrogens with zero attached hydrogens (tertiary/aromatic N) is 4. The molecule has 0 radical (unpaired) electrons. The second-order valence-electron chi connectivity index (χ2n) is 3.00. The first kappa shape index (κ1) is 12.5. The second kappa shape index (κ2) is 6.14. The zero-order chi connectivity index (χ0) is 12.8. The van der Waals surface area contributed by atoms with Gasteiger partial charge in [0.2, 0.25) is 5.88 Å². The molecular weight excluding hydrogens is 268 g/mol. The smallest absolute Gasteiger partial charge is 0.244 e. The number of rotatable bonds is 5. The van der Waals surface area contributed by atoms with Gasteiger partial charge in [0.1, 0.15) is 22.4 Å². The standard InChI is InChI=1S/C11H8N4OS2/c1-2-6-16-9-8(7-12)10(18-15-9)17-11-13-4-3-5-14-11/h2-5H,1,6H2. The molecule has 0 aliphatic heterocycles. The van der Waals surface area contributed by atoms with Crippen molar-refractivity contribution >= 4 is 23.3 Å². The summed E-state index contributed by atoms with van der Waals surface area (Å²) in [7, 11) is 0. The van der Waals surface area contributed by atoms with Crippen LogP contribution in [0.15, 0.2) is 40.5 Å². The summed E-state index contributed by atoms with van der Waals surface area (Å²) in [6.45, 7) is 3.87. The van der Waals surface area contributed by atoms with Gasteiger partial charge in [-0.1, -0.05) is 12.7 Å². The molecule has 0 saturated heterocycles. The Labute approximate surface area is 112 Å². The molecule has 0 N–H and O–H groups in total. The minimum atomic E-state index is 0.324. The molecule has 0 fully saturated rings. The molecular formula is C11H8N4OS2. The minimum absolute atomic E-state index is 0.324. The zero-order valence-electron chi connectivity index (χ0n) is 9.24. The Hall–Kier alpha value is -1.91. The molecule has 7 heteroatoms. The van der Waals surface area contributed by atoms with Crippen LogP contribution in [0.2, 0.25) is 0 Å². The lowest BCUT2D eigenvalue weighted by molar-refractivity contribution is 0.351. The van der Waals surface area contributed by atoms with Crippen LogP contribution in [-0.4, -0.2) is 20.9 Å². The van der Waals surface area contributed by atoms with Crippen molar-refractivity contribution in [1.29, 1.82) is 5.26 Å². The number of aromatic nitrogens is 3. The Morgan fingerprint density at radius 3 is 2.94 bits per heavy atom. The van der Waals surface area contributed by atoms with Crippen molar-refractivity contribution in [3.8, 4) is 11.9 Å². The maximum atomic E-state index is 9.12. The Bertz CT molecular complexity index is 576. The van der Waals surface area contributed by atoms with Crippen molar-refractivity contribution < 1.29 is 4.74 Å². The molecule has 0 bridgehead atoms. The average Bonchev–Trinajstić information content (AvgIpc) is 2.79. The first-order chi connectivity index (χ1) is 8.85. The minimum Gasteiger partial charge on any atom is -0.472 e. The van der Waals surface area contributed by atoms with Gasteiger partial charge in [-0.3, -0.25) is 0 Å². The van der Waals surface area contributed by atoms with Gasteiger partial charge in [-0.2, -0.15) is 9.64 Å². The Morgan fingerprint density at radius 1 is 1.50 bits per heavy atom. The van der Waals surface area contributed by atoms with Crippen LogP contribution in [-0.2, 0) is 0 Å². The summed E-state index contributed by atoms with van der Waals surface area (Å²) < 4.78 is 10.1. The van der Waals surface area contributed by atoms with Crippen LogP contribution in [0.3, 0.4) is 0 Å². The fourth-order valence-corrected chi connectivity index (χ4v) is 2.73. The van der Waals surface area contributed by atoms with Gasteiger partial charge in [-0.15, -0.1) is 0 Å². The van der Waals surface area contributed by atoms with Gasteiger partial charge in [-0.25, -0.2) is 9.97 Å². The van der Waals surface area contributed by atoms with Gasteiger partial charge in [0.25, 0.3) is 0 Å². The van der Waals surface area contributed by atoms with Crippen LogP contribution >= 0.6 is 23.3 Å². The third-order valence-electron chi connectivity index (χ3n) is 1.81. The summed E-state index contributed by atoms with van der Waals surface area (Å²) in [5.74, 6) is 0.334. The van der Waals surface area contributed by atoms with Crippen molar-refractivity contribution in [3.05, 3.63) is 36.7 Å². The maximum absolute atomic E-state index is 9.12. The van der Waals surface area contributed by atoms with Crippen LogP contribution in [0.5, 0.6) is 5.88 Å².